The van der Waals surface area contributed by atoms with Crippen LogP contribution in [0.2, 0.25) is 0 Å². The molecule has 1 heterocycles. The number of rotatable bonds is 4. The first-order valence-corrected chi connectivity index (χ1v) is 7.78. The van der Waals surface area contributed by atoms with Gasteiger partial charge in [0.05, 0.1) is 11.4 Å². The number of halogens is 1. The van der Waals surface area contributed by atoms with E-state index in [1.807, 2.05) is 18.3 Å². The molecule has 0 amide bonds. The van der Waals surface area contributed by atoms with Crippen molar-refractivity contribution in [1.82, 2.24) is 0 Å². The van der Waals surface area contributed by atoms with Gasteiger partial charge < -0.3 is 4.74 Å². The van der Waals surface area contributed by atoms with Gasteiger partial charge in [-0.15, -0.1) is 11.3 Å². The first-order chi connectivity index (χ1) is 8.61. The first-order valence-electron chi connectivity index (χ1n) is 6.05. The second-order valence-corrected chi connectivity index (χ2v) is 6.52. The highest BCUT2D eigenvalue weighted by Crippen LogP contribution is 2.39. The fourth-order valence-electron chi connectivity index (χ4n) is 1.90. The molecule has 2 rings (SSSR count). The predicted octanol–water partition coefficient (Wildman–Crippen LogP) is 5.25. The maximum atomic E-state index is 5.72. The molecule has 0 bridgehead atoms. The fraction of sp³-hybridized carbons (Fsp3) is 0.333. The van der Waals surface area contributed by atoms with Crippen LogP contribution in [0.25, 0.3) is 0 Å². The van der Waals surface area contributed by atoms with Crippen LogP contribution in [0.5, 0.6) is 5.75 Å². The van der Waals surface area contributed by atoms with Gasteiger partial charge in [0.15, 0.2) is 0 Å². The quantitative estimate of drug-likeness (QED) is 0.698. The lowest BCUT2D eigenvalue weighted by Crippen LogP contribution is -1.99. The first kappa shape index (κ1) is 13.6. The van der Waals surface area contributed by atoms with Gasteiger partial charge >= 0.3 is 0 Å². The summed E-state index contributed by atoms with van der Waals surface area (Å²) in [6.07, 6.45) is 0. The molecule has 1 atom stereocenters. The molecule has 18 heavy (non-hydrogen) atoms. The van der Waals surface area contributed by atoms with Crippen LogP contribution in [0.3, 0.4) is 0 Å². The highest BCUT2D eigenvalue weighted by Gasteiger charge is 2.17. The molecular weight excluding hydrogens is 308 g/mol. The summed E-state index contributed by atoms with van der Waals surface area (Å²) < 4.78 is 5.72. The van der Waals surface area contributed by atoms with Crippen molar-refractivity contribution >= 4 is 27.3 Å². The Morgan fingerprint density at radius 1 is 1.22 bits per heavy atom. The maximum absolute atomic E-state index is 5.72. The van der Waals surface area contributed by atoms with Crippen LogP contribution in [-0.4, -0.2) is 6.61 Å². The Morgan fingerprint density at radius 3 is 2.61 bits per heavy atom. The molecular formula is C15H17BrOS. The fourth-order valence-corrected chi connectivity index (χ4v) is 3.56. The van der Waals surface area contributed by atoms with E-state index in [4.69, 9.17) is 4.74 Å². The Balaban J connectivity index is 2.39. The number of hydrogen-bond donors (Lipinski definition) is 0. The Labute approximate surface area is 121 Å². The lowest BCUT2D eigenvalue weighted by atomic mass is 10.1. The Bertz CT molecular complexity index is 533. The van der Waals surface area contributed by atoms with Gasteiger partial charge in [-0.1, -0.05) is 33.6 Å². The van der Waals surface area contributed by atoms with Crippen LogP contribution < -0.4 is 4.74 Å². The van der Waals surface area contributed by atoms with Crippen molar-refractivity contribution in [2.24, 2.45) is 0 Å². The highest BCUT2D eigenvalue weighted by molar-refractivity contribution is 9.09. The average Bonchev–Trinajstić information content (AvgIpc) is 2.77. The van der Waals surface area contributed by atoms with Gasteiger partial charge in [-0.25, -0.2) is 0 Å². The maximum Gasteiger partial charge on any atom is 0.123 e. The van der Waals surface area contributed by atoms with E-state index in [2.05, 4.69) is 60.1 Å². The topological polar surface area (TPSA) is 9.23 Å². The summed E-state index contributed by atoms with van der Waals surface area (Å²) in [5.41, 5.74) is 2.46. The summed E-state index contributed by atoms with van der Waals surface area (Å²) in [7, 11) is 0. The van der Waals surface area contributed by atoms with Gasteiger partial charge in [0, 0.05) is 15.3 Å². The SMILES string of the molecule is CCOc1ccc(C)cc1C(Br)c1ccc(C)s1. The van der Waals surface area contributed by atoms with Gasteiger partial charge in [0.1, 0.15) is 5.75 Å². The van der Waals surface area contributed by atoms with Crippen molar-refractivity contribution in [3.63, 3.8) is 0 Å². The molecule has 96 valence electrons. The summed E-state index contributed by atoms with van der Waals surface area (Å²) in [5.74, 6) is 0.969. The van der Waals surface area contributed by atoms with Gasteiger partial charge in [-0.05, 0) is 39.0 Å². The lowest BCUT2D eigenvalue weighted by Gasteiger charge is -2.15. The lowest BCUT2D eigenvalue weighted by molar-refractivity contribution is 0.337. The molecule has 0 saturated carbocycles. The normalized spacial score (nSPS) is 12.4. The van der Waals surface area contributed by atoms with E-state index < -0.39 is 0 Å². The highest BCUT2D eigenvalue weighted by atomic mass is 79.9. The molecule has 1 unspecified atom stereocenters. The molecule has 0 spiro atoms. The van der Waals surface area contributed by atoms with Crippen molar-refractivity contribution in [2.45, 2.75) is 25.6 Å². The minimum absolute atomic E-state index is 0.206. The molecule has 3 heteroatoms. The zero-order valence-electron chi connectivity index (χ0n) is 10.9. The van der Waals surface area contributed by atoms with E-state index in [0.717, 1.165) is 5.75 Å². The van der Waals surface area contributed by atoms with E-state index in [9.17, 15) is 0 Å². The smallest absolute Gasteiger partial charge is 0.123 e. The molecule has 1 aromatic carbocycles. The molecule has 0 radical (unpaired) electrons. The minimum Gasteiger partial charge on any atom is -0.494 e. The predicted molar refractivity (Wildman–Crippen MR) is 82.2 cm³/mol. The zero-order chi connectivity index (χ0) is 13.1. The molecule has 0 fully saturated rings. The Morgan fingerprint density at radius 2 is 2.00 bits per heavy atom. The van der Waals surface area contributed by atoms with Crippen molar-refractivity contribution in [2.75, 3.05) is 6.61 Å². The number of thiophene rings is 1. The summed E-state index contributed by atoms with van der Waals surface area (Å²) in [4.78, 5) is 2.86. The van der Waals surface area contributed by atoms with E-state index >= 15 is 0 Å². The van der Waals surface area contributed by atoms with E-state index in [0.29, 0.717) is 6.61 Å². The van der Waals surface area contributed by atoms with Crippen molar-refractivity contribution in [1.29, 1.82) is 0 Å². The third-order valence-electron chi connectivity index (χ3n) is 2.75. The van der Waals surface area contributed by atoms with Crippen LogP contribution in [0.15, 0.2) is 30.3 Å². The van der Waals surface area contributed by atoms with Gasteiger partial charge in [-0.2, -0.15) is 0 Å². The minimum atomic E-state index is 0.206. The second kappa shape index (κ2) is 5.89. The van der Waals surface area contributed by atoms with E-state index in [1.54, 1.807) is 0 Å². The molecule has 0 aliphatic carbocycles. The van der Waals surface area contributed by atoms with E-state index in [-0.39, 0.29) is 4.83 Å². The largest absolute Gasteiger partial charge is 0.494 e. The molecule has 0 aliphatic rings. The molecule has 1 aromatic heterocycles. The molecule has 0 aliphatic heterocycles. The monoisotopic (exact) mass is 324 g/mol. The molecule has 2 aromatic rings. The molecule has 0 N–H and O–H groups in total. The molecule has 0 saturated heterocycles. The number of benzene rings is 1. The van der Waals surface area contributed by atoms with E-state index in [1.165, 1.54) is 20.9 Å². The summed E-state index contributed by atoms with van der Waals surface area (Å²) in [6, 6.07) is 10.7. The second-order valence-electron chi connectivity index (χ2n) is 4.29. The Hall–Kier alpha value is -0.800. The number of aryl methyl sites for hydroxylation is 2. The van der Waals surface area contributed by atoms with Crippen LogP contribution in [0.4, 0.5) is 0 Å². The standard InChI is InChI=1S/C15H17BrOS/c1-4-17-13-7-5-10(2)9-12(13)15(16)14-8-6-11(3)18-14/h5-9,15H,4H2,1-3H3. The van der Waals surface area contributed by atoms with Gasteiger partial charge in [0.25, 0.3) is 0 Å². The van der Waals surface area contributed by atoms with Crippen LogP contribution in [0.1, 0.15) is 32.6 Å². The summed E-state index contributed by atoms with van der Waals surface area (Å²) in [5, 5.41) is 0. The van der Waals surface area contributed by atoms with Crippen LogP contribution >= 0.6 is 27.3 Å². The average molecular weight is 325 g/mol. The van der Waals surface area contributed by atoms with Crippen LogP contribution in [-0.2, 0) is 0 Å². The third-order valence-corrected chi connectivity index (χ3v) is 5.10. The summed E-state index contributed by atoms with van der Waals surface area (Å²) >= 11 is 5.61. The van der Waals surface area contributed by atoms with Crippen molar-refractivity contribution in [3.05, 3.63) is 51.2 Å². The van der Waals surface area contributed by atoms with Gasteiger partial charge in [-0.3, -0.25) is 0 Å². The Kier molecular flexibility index (Phi) is 4.46. The number of hydrogen-bond acceptors (Lipinski definition) is 2. The zero-order valence-corrected chi connectivity index (χ0v) is 13.3. The molecule has 1 nitrogen and oxygen atoms in total. The van der Waals surface area contributed by atoms with Crippen molar-refractivity contribution in [3.8, 4) is 5.75 Å². The van der Waals surface area contributed by atoms with Crippen molar-refractivity contribution < 1.29 is 4.74 Å². The number of ether oxygens (including phenoxy) is 1. The summed E-state index contributed by atoms with van der Waals surface area (Å²) in [6.45, 7) is 6.95. The number of alkyl halides is 1. The van der Waals surface area contributed by atoms with Crippen LogP contribution in [0, 0.1) is 13.8 Å². The van der Waals surface area contributed by atoms with Gasteiger partial charge in [0.2, 0.25) is 0 Å². The third kappa shape index (κ3) is 2.96.